The highest BCUT2D eigenvalue weighted by atomic mass is 16.1. The molecule has 0 atom stereocenters. The molecule has 0 aliphatic heterocycles. The first-order chi connectivity index (χ1) is 12.5. The second kappa shape index (κ2) is 7.92. The lowest BCUT2D eigenvalue weighted by molar-refractivity contribution is 0.100. The van der Waals surface area contributed by atoms with Gasteiger partial charge < -0.3 is 0 Å². The van der Waals surface area contributed by atoms with E-state index < -0.39 is 0 Å². The number of ketones is 2. The van der Waals surface area contributed by atoms with Crippen molar-refractivity contribution in [2.24, 2.45) is 0 Å². The zero-order chi connectivity index (χ0) is 18.5. The third-order valence-corrected chi connectivity index (χ3v) is 4.47. The molecule has 0 aliphatic rings. The van der Waals surface area contributed by atoms with Crippen molar-refractivity contribution in [2.45, 2.75) is 26.7 Å². The maximum absolute atomic E-state index is 11.6. The molecule has 0 amide bonds. The van der Waals surface area contributed by atoms with Crippen LogP contribution in [0.2, 0.25) is 0 Å². The van der Waals surface area contributed by atoms with Gasteiger partial charge in [-0.05, 0) is 61.1 Å². The number of hydrogen-bond acceptors (Lipinski definition) is 2. The Morgan fingerprint density at radius 1 is 0.577 bits per heavy atom. The van der Waals surface area contributed by atoms with Gasteiger partial charge in [0.15, 0.2) is 11.6 Å². The normalized spacial score (nSPS) is 10.5. The van der Waals surface area contributed by atoms with Gasteiger partial charge in [-0.25, -0.2) is 0 Å². The third kappa shape index (κ3) is 4.54. The topological polar surface area (TPSA) is 34.1 Å². The molecule has 130 valence electrons. The number of benzene rings is 3. The molecule has 0 unspecified atom stereocenters. The smallest absolute Gasteiger partial charge is 0.159 e. The van der Waals surface area contributed by atoms with E-state index >= 15 is 0 Å². The maximum atomic E-state index is 11.6. The van der Waals surface area contributed by atoms with Gasteiger partial charge in [-0.1, -0.05) is 60.7 Å². The van der Waals surface area contributed by atoms with Gasteiger partial charge in [-0.15, -0.1) is 0 Å². The van der Waals surface area contributed by atoms with Gasteiger partial charge in [0.05, 0.1) is 0 Å². The van der Waals surface area contributed by atoms with Crippen LogP contribution in [0.4, 0.5) is 0 Å². The molecule has 2 heteroatoms. The van der Waals surface area contributed by atoms with Gasteiger partial charge in [0.25, 0.3) is 0 Å². The molecule has 3 rings (SSSR count). The Balaban J connectivity index is 1.78. The standard InChI is InChI=1S/C24H22O2/c1-17(25)23-10-4-8-21(15-23)13-19-6-3-7-20(12-19)14-22-9-5-11-24(16-22)18(2)26/h3-12,15-16H,13-14H2,1-2H3. The van der Waals surface area contributed by atoms with Crippen LogP contribution >= 0.6 is 0 Å². The molecule has 0 bridgehead atoms. The molecule has 26 heavy (non-hydrogen) atoms. The first kappa shape index (κ1) is 17.8. The average Bonchev–Trinajstić information content (AvgIpc) is 2.62. The maximum Gasteiger partial charge on any atom is 0.159 e. The molecule has 0 spiro atoms. The van der Waals surface area contributed by atoms with Crippen molar-refractivity contribution in [1.82, 2.24) is 0 Å². The summed E-state index contributed by atoms with van der Waals surface area (Å²) in [6, 6.07) is 24.1. The summed E-state index contributed by atoms with van der Waals surface area (Å²) in [6.45, 7) is 3.18. The highest BCUT2D eigenvalue weighted by molar-refractivity contribution is 5.94. The molecule has 0 aliphatic carbocycles. The molecule has 0 fully saturated rings. The van der Waals surface area contributed by atoms with Crippen LogP contribution in [0.3, 0.4) is 0 Å². The van der Waals surface area contributed by atoms with Gasteiger partial charge >= 0.3 is 0 Å². The van der Waals surface area contributed by atoms with Gasteiger partial charge in [-0.3, -0.25) is 9.59 Å². The van der Waals surface area contributed by atoms with Crippen molar-refractivity contribution >= 4 is 11.6 Å². The Kier molecular flexibility index (Phi) is 5.43. The molecule has 0 heterocycles. The summed E-state index contributed by atoms with van der Waals surface area (Å²) in [7, 11) is 0. The van der Waals surface area contributed by atoms with E-state index in [0.29, 0.717) is 0 Å². The van der Waals surface area contributed by atoms with Gasteiger partial charge in [0, 0.05) is 11.1 Å². The minimum absolute atomic E-state index is 0.0888. The van der Waals surface area contributed by atoms with Gasteiger partial charge in [-0.2, -0.15) is 0 Å². The van der Waals surface area contributed by atoms with Crippen LogP contribution in [0.5, 0.6) is 0 Å². The second-order valence-corrected chi connectivity index (χ2v) is 6.69. The average molecular weight is 342 g/mol. The molecular weight excluding hydrogens is 320 g/mol. The molecule has 0 radical (unpaired) electrons. The summed E-state index contributed by atoms with van der Waals surface area (Å²) in [6.07, 6.45) is 1.59. The number of Topliss-reactive ketones (excluding diaryl/α,β-unsaturated/α-hetero) is 2. The predicted octanol–water partition coefficient (Wildman–Crippen LogP) is 5.27. The number of hydrogen-bond donors (Lipinski definition) is 0. The summed E-state index contributed by atoms with van der Waals surface area (Å²) in [5.41, 5.74) is 6.19. The fourth-order valence-corrected chi connectivity index (χ4v) is 3.12. The molecule has 0 saturated carbocycles. The number of rotatable bonds is 6. The first-order valence-electron chi connectivity index (χ1n) is 8.79. The Bertz CT molecular complexity index is 879. The van der Waals surface area contributed by atoms with Crippen LogP contribution in [0.1, 0.15) is 56.8 Å². The quantitative estimate of drug-likeness (QED) is 0.572. The third-order valence-electron chi connectivity index (χ3n) is 4.47. The molecule has 3 aromatic carbocycles. The summed E-state index contributed by atoms with van der Waals surface area (Å²) in [5, 5.41) is 0. The first-order valence-corrected chi connectivity index (χ1v) is 8.79. The van der Waals surface area contributed by atoms with E-state index in [9.17, 15) is 9.59 Å². The molecule has 3 aromatic rings. The lowest BCUT2D eigenvalue weighted by atomic mass is 9.97. The Hall–Kier alpha value is -3.00. The molecule has 0 aromatic heterocycles. The van der Waals surface area contributed by atoms with E-state index in [4.69, 9.17) is 0 Å². The highest BCUT2D eigenvalue weighted by Crippen LogP contribution is 2.17. The monoisotopic (exact) mass is 342 g/mol. The van der Waals surface area contributed by atoms with Crippen molar-refractivity contribution in [1.29, 1.82) is 0 Å². The zero-order valence-corrected chi connectivity index (χ0v) is 15.2. The van der Waals surface area contributed by atoms with Crippen LogP contribution in [-0.4, -0.2) is 11.6 Å². The highest BCUT2D eigenvalue weighted by Gasteiger charge is 2.05. The Morgan fingerprint density at radius 2 is 0.923 bits per heavy atom. The summed E-state index contributed by atoms with van der Waals surface area (Å²) >= 11 is 0. The molecule has 0 N–H and O–H groups in total. The Labute approximate surface area is 154 Å². The largest absolute Gasteiger partial charge is 0.295 e. The van der Waals surface area contributed by atoms with E-state index in [0.717, 1.165) is 35.1 Å². The minimum Gasteiger partial charge on any atom is -0.295 e. The van der Waals surface area contributed by atoms with Gasteiger partial charge in [0.2, 0.25) is 0 Å². The van der Waals surface area contributed by atoms with Crippen molar-refractivity contribution in [3.05, 3.63) is 106 Å². The van der Waals surface area contributed by atoms with Crippen molar-refractivity contribution < 1.29 is 9.59 Å². The predicted molar refractivity (Wildman–Crippen MR) is 105 cm³/mol. The molecule has 2 nitrogen and oxygen atoms in total. The van der Waals surface area contributed by atoms with Crippen LogP contribution in [0, 0.1) is 0 Å². The molecular formula is C24H22O2. The zero-order valence-electron chi connectivity index (χ0n) is 15.2. The van der Waals surface area contributed by atoms with Crippen molar-refractivity contribution in [3.8, 4) is 0 Å². The SMILES string of the molecule is CC(=O)c1cccc(Cc2cccc(Cc3cccc(C(C)=O)c3)c2)c1. The van der Waals surface area contributed by atoms with E-state index in [1.54, 1.807) is 13.8 Å². The second-order valence-electron chi connectivity index (χ2n) is 6.69. The van der Waals surface area contributed by atoms with Crippen LogP contribution < -0.4 is 0 Å². The van der Waals surface area contributed by atoms with Crippen LogP contribution in [0.25, 0.3) is 0 Å². The number of carbonyl (C=O) groups excluding carboxylic acids is 2. The van der Waals surface area contributed by atoms with E-state index in [-0.39, 0.29) is 11.6 Å². The minimum atomic E-state index is 0.0888. The van der Waals surface area contributed by atoms with Crippen molar-refractivity contribution in [3.63, 3.8) is 0 Å². The fourth-order valence-electron chi connectivity index (χ4n) is 3.12. The summed E-state index contributed by atoms with van der Waals surface area (Å²) in [5.74, 6) is 0.178. The van der Waals surface area contributed by atoms with Crippen LogP contribution in [0.15, 0.2) is 72.8 Å². The number of carbonyl (C=O) groups is 2. The van der Waals surface area contributed by atoms with E-state index in [1.165, 1.54) is 11.1 Å². The lowest BCUT2D eigenvalue weighted by Gasteiger charge is -2.08. The Morgan fingerprint density at radius 3 is 1.31 bits per heavy atom. The summed E-state index contributed by atoms with van der Waals surface area (Å²) < 4.78 is 0. The fraction of sp³-hybridized carbons (Fsp3) is 0.167. The van der Waals surface area contributed by atoms with Crippen molar-refractivity contribution in [2.75, 3.05) is 0 Å². The lowest BCUT2D eigenvalue weighted by Crippen LogP contribution is -1.97. The molecule has 0 saturated heterocycles. The van der Waals surface area contributed by atoms with Gasteiger partial charge in [0.1, 0.15) is 0 Å². The van der Waals surface area contributed by atoms with E-state index in [1.807, 2.05) is 36.4 Å². The van der Waals surface area contributed by atoms with E-state index in [2.05, 4.69) is 36.4 Å². The summed E-state index contributed by atoms with van der Waals surface area (Å²) in [4.78, 5) is 23.1. The van der Waals surface area contributed by atoms with Crippen LogP contribution in [-0.2, 0) is 12.8 Å².